The van der Waals surface area contributed by atoms with Crippen LogP contribution in [0.5, 0.6) is 0 Å². The molecule has 1 rings (SSSR count). The topological polar surface area (TPSA) is 29.1 Å². The van der Waals surface area contributed by atoms with Gasteiger partial charge in [0.25, 0.3) is 5.91 Å². The van der Waals surface area contributed by atoms with Crippen molar-refractivity contribution >= 4 is 5.91 Å². The number of nitrogens with one attached hydrogen (secondary N) is 1. The second kappa shape index (κ2) is 7.14. The molecule has 0 aliphatic heterocycles. The largest absolute Gasteiger partial charge is 0.350 e. The van der Waals surface area contributed by atoms with Gasteiger partial charge in [0.15, 0.2) is 0 Å². The van der Waals surface area contributed by atoms with Gasteiger partial charge in [-0.05, 0) is 43.5 Å². The molecule has 1 amide bonds. The smallest absolute Gasteiger partial charge is 0.251 e. The van der Waals surface area contributed by atoms with E-state index in [0.29, 0.717) is 11.5 Å². The van der Waals surface area contributed by atoms with Crippen molar-refractivity contribution in [1.29, 1.82) is 0 Å². The Morgan fingerprint density at radius 1 is 1.17 bits per heavy atom. The molecule has 0 radical (unpaired) electrons. The molecule has 0 bridgehead atoms. The maximum absolute atomic E-state index is 12.7. The molecule has 1 atom stereocenters. The van der Waals surface area contributed by atoms with Gasteiger partial charge >= 0.3 is 0 Å². The van der Waals surface area contributed by atoms with Crippen molar-refractivity contribution in [3.8, 4) is 0 Å². The van der Waals surface area contributed by atoms with Crippen LogP contribution in [0.15, 0.2) is 24.3 Å². The second-order valence-corrected chi connectivity index (χ2v) is 5.21. The molecule has 18 heavy (non-hydrogen) atoms. The Bertz CT molecular complexity index is 373. The number of hydrogen-bond acceptors (Lipinski definition) is 1. The monoisotopic (exact) mass is 251 g/mol. The van der Waals surface area contributed by atoms with Crippen LogP contribution in [0.1, 0.15) is 50.4 Å². The number of halogens is 1. The van der Waals surface area contributed by atoms with E-state index in [2.05, 4.69) is 19.2 Å². The maximum Gasteiger partial charge on any atom is 0.251 e. The van der Waals surface area contributed by atoms with E-state index in [1.807, 2.05) is 6.92 Å². The van der Waals surface area contributed by atoms with Gasteiger partial charge in [-0.2, -0.15) is 0 Å². The Hall–Kier alpha value is -1.38. The summed E-state index contributed by atoms with van der Waals surface area (Å²) in [5.74, 6) is 0.244. The lowest BCUT2D eigenvalue weighted by Crippen LogP contribution is -2.32. The van der Waals surface area contributed by atoms with Crippen LogP contribution in [0, 0.1) is 11.7 Å². The van der Waals surface area contributed by atoms with Crippen LogP contribution in [0.25, 0.3) is 0 Å². The molecule has 0 aromatic heterocycles. The Morgan fingerprint density at radius 3 is 2.33 bits per heavy atom. The Kier molecular flexibility index (Phi) is 5.83. The molecule has 1 aromatic carbocycles. The van der Waals surface area contributed by atoms with Crippen molar-refractivity contribution in [2.45, 2.75) is 46.1 Å². The molecule has 0 unspecified atom stereocenters. The summed E-state index contributed by atoms with van der Waals surface area (Å²) in [5.41, 5.74) is 0.507. The fourth-order valence-corrected chi connectivity index (χ4v) is 1.81. The van der Waals surface area contributed by atoms with Crippen molar-refractivity contribution in [3.05, 3.63) is 35.6 Å². The summed E-state index contributed by atoms with van der Waals surface area (Å²) in [4.78, 5) is 11.8. The zero-order valence-electron chi connectivity index (χ0n) is 11.4. The van der Waals surface area contributed by atoms with Gasteiger partial charge in [-0.1, -0.05) is 26.7 Å². The van der Waals surface area contributed by atoms with E-state index in [1.54, 1.807) is 0 Å². The quantitative estimate of drug-likeness (QED) is 0.819. The predicted molar refractivity (Wildman–Crippen MR) is 72.0 cm³/mol. The summed E-state index contributed by atoms with van der Waals surface area (Å²) in [6, 6.07) is 5.77. The van der Waals surface area contributed by atoms with E-state index in [4.69, 9.17) is 0 Å². The van der Waals surface area contributed by atoms with E-state index < -0.39 is 0 Å². The average molecular weight is 251 g/mol. The third kappa shape index (κ3) is 5.30. The third-order valence-electron chi connectivity index (χ3n) is 2.90. The summed E-state index contributed by atoms with van der Waals surface area (Å²) in [6.45, 7) is 6.39. The van der Waals surface area contributed by atoms with Crippen LogP contribution in [-0.2, 0) is 0 Å². The van der Waals surface area contributed by atoms with Crippen molar-refractivity contribution in [1.82, 2.24) is 5.32 Å². The predicted octanol–water partition coefficient (Wildman–Crippen LogP) is 3.77. The highest BCUT2D eigenvalue weighted by molar-refractivity contribution is 5.94. The number of benzene rings is 1. The summed E-state index contributed by atoms with van der Waals surface area (Å²) in [6.07, 6.45) is 3.27. The Labute approximate surface area is 109 Å². The van der Waals surface area contributed by atoms with E-state index in [-0.39, 0.29) is 17.8 Å². The van der Waals surface area contributed by atoms with Gasteiger partial charge in [-0.3, -0.25) is 4.79 Å². The standard InChI is InChI=1S/C15H22FNO/c1-11(2)5-4-6-12(3)17-15(18)13-7-9-14(16)10-8-13/h7-12H,4-6H2,1-3H3,(H,17,18)/t12-/m1/s1. The van der Waals surface area contributed by atoms with Gasteiger partial charge in [0.2, 0.25) is 0 Å². The molecule has 0 fully saturated rings. The number of carbonyl (C=O) groups is 1. The van der Waals surface area contributed by atoms with Gasteiger partial charge in [0, 0.05) is 11.6 Å². The first kappa shape index (κ1) is 14.7. The molecule has 1 N–H and O–H groups in total. The summed E-state index contributed by atoms with van der Waals surface area (Å²) in [5, 5.41) is 2.93. The van der Waals surface area contributed by atoms with E-state index in [1.165, 1.54) is 30.7 Å². The first-order valence-electron chi connectivity index (χ1n) is 6.55. The minimum atomic E-state index is -0.323. The molecule has 0 aliphatic carbocycles. The molecular formula is C15H22FNO. The van der Waals surface area contributed by atoms with Gasteiger partial charge in [0.05, 0.1) is 0 Å². The second-order valence-electron chi connectivity index (χ2n) is 5.21. The summed E-state index contributed by atoms with van der Waals surface area (Å²) in [7, 11) is 0. The fourth-order valence-electron chi connectivity index (χ4n) is 1.81. The Morgan fingerprint density at radius 2 is 1.78 bits per heavy atom. The van der Waals surface area contributed by atoms with Gasteiger partial charge in [-0.25, -0.2) is 4.39 Å². The maximum atomic E-state index is 12.7. The van der Waals surface area contributed by atoms with Gasteiger partial charge in [-0.15, -0.1) is 0 Å². The first-order chi connectivity index (χ1) is 8.49. The molecule has 2 nitrogen and oxygen atoms in total. The van der Waals surface area contributed by atoms with Gasteiger partial charge in [0.1, 0.15) is 5.82 Å². The molecule has 3 heteroatoms. The lowest BCUT2D eigenvalue weighted by Gasteiger charge is -2.14. The highest BCUT2D eigenvalue weighted by Crippen LogP contribution is 2.09. The molecule has 0 saturated carbocycles. The van der Waals surface area contributed by atoms with E-state index in [0.717, 1.165) is 12.8 Å². The fraction of sp³-hybridized carbons (Fsp3) is 0.533. The molecule has 0 spiro atoms. The number of rotatable bonds is 6. The molecule has 0 aliphatic rings. The minimum Gasteiger partial charge on any atom is -0.350 e. The van der Waals surface area contributed by atoms with Crippen molar-refractivity contribution in [2.75, 3.05) is 0 Å². The van der Waals surface area contributed by atoms with Crippen molar-refractivity contribution < 1.29 is 9.18 Å². The number of carbonyl (C=O) groups excluding carboxylic acids is 1. The van der Waals surface area contributed by atoms with Crippen molar-refractivity contribution in [3.63, 3.8) is 0 Å². The molecule has 1 aromatic rings. The zero-order valence-corrected chi connectivity index (χ0v) is 11.4. The Balaban J connectivity index is 2.37. The van der Waals surface area contributed by atoms with Crippen LogP contribution in [-0.4, -0.2) is 11.9 Å². The lowest BCUT2D eigenvalue weighted by atomic mass is 10.0. The van der Waals surface area contributed by atoms with Crippen LogP contribution < -0.4 is 5.32 Å². The van der Waals surface area contributed by atoms with Crippen molar-refractivity contribution in [2.24, 2.45) is 5.92 Å². The average Bonchev–Trinajstić information content (AvgIpc) is 2.29. The van der Waals surface area contributed by atoms with Crippen LogP contribution in [0.2, 0.25) is 0 Å². The lowest BCUT2D eigenvalue weighted by molar-refractivity contribution is 0.0937. The van der Waals surface area contributed by atoms with Crippen LogP contribution >= 0.6 is 0 Å². The summed E-state index contributed by atoms with van der Waals surface area (Å²) < 4.78 is 12.7. The molecular weight excluding hydrogens is 229 g/mol. The van der Waals surface area contributed by atoms with Crippen LogP contribution in [0.3, 0.4) is 0 Å². The zero-order chi connectivity index (χ0) is 13.5. The van der Waals surface area contributed by atoms with E-state index in [9.17, 15) is 9.18 Å². The third-order valence-corrected chi connectivity index (χ3v) is 2.90. The first-order valence-corrected chi connectivity index (χ1v) is 6.55. The summed E-state index contributed by atoms with van der Waals surface area (Å²) >= 11 is 0. The number of hydrogen-bond donors (Lipinski definition) is 1. The van der Waals surface area contributed by atoms with Crippen LogP contribution in [0.4, 0.5) is 4.39 Å². The van der Waals surface area contributed by atoms with E-state index >= 15 is 0 Å². The highest BCUT2D eigenvalue weighted by atomic mass is 19.1. The highest BCUT2D eigenvalue weighted by Gasteiger charge is 2.09. The number of amides is 1. The minimum absolute atomic E-state index is 0.132. The SMILES string of the molecule is CC(C)CCC[C@@H](C)NC(=O)c1ccc(F)cc1. The molecule has 0 heterocycles. The molecule has 0 saturated heterocycles. The molecule has 100 valence electrons. The normalized spacial score (nSPS) is 12.5. The van der Waals surface area contributed by atoms with Gasteiger partial charge < -0.3 is 5.32 Å².